The summed E-state index contributed by atoms with van der Waals surface area (Å²) in [5, 5.41) is 0. The molecule has 0 aliphatic carbocycles. The highest BCUT2D eigenvalue weighted by molar-refractivity contribution is 5.58. The number of aromatic nitrogens is 2. The lowest BCUT2D eigenvalue weighted by molar-refractivity contribution is 0.402. The molecule has 1 atom stereocenters. The monoisotopic (exact) mass is 277 g/mol. The second-order valence-corrected chi connectivity index (χ2v) is 6.04. The van der Waals surface area contributed by atoms with Gasteiger partial charge in [-0.15, -0.1) is 0 Å². The normalized spacial score (nSPS) is 19.5. The molecule has 1 aliphatic rings. The predicted octanol–water partition coefficient (Wildman–Crippen LogP) is 2.82. The van der Waals surface area contributed by atoms with E-state index < -0.39 is 0 Å². The van der Waals surface area contributed by atoms with Crippen LogP contribution in [0.3, 0.4) is 0 Å². The third kappa shape index (κ3) is 3.03. The molecule has 5 heteroatoms. The van der Waals surface area contributed by atoms with Gasteiger partial charge in [-0.3, -0.25) is 0 Å². The Morgan fingerprint density at radius 2 is 2.15 bits per heavy atom. The van der Waals surface area contributed by atoms with Crippen LogP contribution in [0.4, 0.5) is 11.6 Å². The van der Waals surface area contributed by atoms with E-state index in [0.717, 1.165) is 42.0 Å². The molecule has 1 saturated heterocycles. The van der Waals surface area contributed by atoms with Gasteiger partial charge in [0.1, 0.15) is 17.5 Å². The summed E-state index contributed by atoms with van der Waals surface area (Å²) in [6.07, 6.45) is 3.81. The molecule has 0 saturated carbocycles. The lowest BCUT2D eigenvalue weighted by Gasteiger charge is -2.34. The summed E-state index contributed by atoms with van der Waals surface area (Å²) in [4.78, 5) is 11.7. The molecule has 20 heavy (non-hydrogen) atoms. The Morgan fingerprint density at radius 3 is 2.75 bits per heavy atom. The molecule has 0 spiro atoms. The van der Waals surface area contributed by atoms with Crippen LogP contribution in [0.1, 0.15) is 57.3 Å². The van der Waals surface area contributed by atoms with E-state index in [2.05, 4.69) is 36.1 Å². The summed E-state index contributed by atoms with van der Waals surface area (Å²) in [7, 11) is 0. The highest BCUT2D eigenvalue weighted by Crippen LogP contribution is 2.29. The number of nitrogens with one attached hydrogen (secondary N) is 1. The first kappa shape index (κ1) is 15.0. The van der Waals surface area contributed by atoms with Crippen LogP contribution in [0.2, 0.25) is 0 Å². The largest absolute Gasteiger partial charge is 0.356 e. The molecule has 0 radical (unpaired) electrons. The Bertz CT molecular complexity index is 458. The number of rotatable bonds is 4. The molecular formula is C15H27N5. The molecule has 1 aromatic rings. The van der Waals surface area contributed by atoms with Gasteiger partial charge < -0.3 is 10.3 Å². The molecule has 3 N–H and O–H groups in total. The molecule has 0 bridgehead atoms. The summed E-state index contributed by atoms with van der Waals surface area (Å²) < 4.78 is 0. The van der Waals surface area contributed by atoms with Crippen LogP contribution < -0.4 is 16.2 Å². The highest BCUT2D eigenvalue weighted by atomic mass is 15.3. The molecule has 0 aromatic carbocycles. The second kappa shape index (κ2) is 6.39. The van der Waals surface area contributed by atoms with E-state index in [9.17, 15) is 0 Å². The standard InChI is InChI=1S/C15H27N5/c1-5-12-7-6-8-20(9-12)15-11(4)14(19-16)17-13(18-15)10(2)3/h10,12H,5-9,16H2,1-4H3,(H,17,18,19). The third-order valence-corrected chi connectivity index (χ3v) is 4.19. The molecule has 5 nitrogen and oxygen atoms in total. The average molecular weight is 277 g/mol. The Hall–Kier alpha value is -1.36. The maximum atomic E-state index is 5.61. The van der Waals surface area contributed by atoms with Crippen LogP contribution in [0, 0.1) is 12.8 Å². The Kier molecular flexibility index (Phi) is 4.81. The predicted molar refractivity (Wildman–Crippen MR) is 83.9 cm³/mol. The first-order valence-corrected chi connectivity index (χ1v) is 7.66. The van der Waals surface area contributed by atoms with E-state index in [-0.39, 0.29) is 0 Å². The van der Waals surface area contributed by atoms with Crippen molar-refractivity contribution in [3.63, 3.8) is 0 Å². The first-order chi connectivity index (χ1) is 9.56. The number of nitrogens with two attached hydrogens (primary N) is 1. The highest BCUT2D eigenvalue weighted by Gasteiger charge is 2.23. The first-order valence-electron chi connectivity index (χ1n) is 7.66. The van der Waals surface area contributed by atoms with Crippen molar-refractivity contribution in [1.82, 2.24) is 9.97 Å². The Morgan fingerprint density at radius 1 is 1.40 bits per heavy atom. The molecule has 1 unspecified atom stereocenters. The zero-order valence-corrected chi connectivity index (χ0v) is 13.1. The molecular weight excluding hydrogens is 250 g/mol. The van der Waals surface area contributed by atoms with Crippen molar-refractivity contribution in [2.75, 3.05) is 23.4 Å². The van der Waals surface area contributed by atoms with Crippen LogP contribution in [0.25, 0.3) is 0 Å². The number of nitrogens with zero attached hydrogens (tertiary/aromatic N) is 3. The topological polar surface area (TPSA) is 67.1 Å². The molecule has 1 fully saturated rings. The van der Waals surface area contributed by atoms with Gasteiger partial charge in [0.05, 0.1) is 0 Å². The summed E-state index contributed by atoms with van der Waals surface area (Å²) >= 11 is 0. The van der Waals surface area contributed by atoms with Crippen molar-refractivity contribution in [2.45, 2.75) is 52.9 Å². The number of hydrazine groups is 1. The van der Waals surface area contributed by atoms with Gasteiger partial charge in [0, 0.05) is 24.6 Å². The molecule has 0 amide bonds. The molecule has 2 rings (SSSR count). The van der Waals surface area contributed by atoms with Crippen LogP contribution in [0.5, 0.6) is 0 Å². The van der Waals surface area contributed by atoms with Crippen molar-refractivity contribution in [3.05, 3.63) is 11.4 Å². The summed E-state index contributed by atoms with van der Waals surface area (Å²) in [5.74, 6) is 9.34. The lowest BCUT2D eigenvalue weighted by Crippen LogP contribution is -2.36. The fourth-order valence-corrected chi connectivity index (χ4v) is 2.82. The van der Waals surface area contributed by atoms with Crippen LogP contribution >= 0.6 is 0 Å². The number of piperidine rings is 1. The molecule has 2 heterocycles. The zero-order chi connectivity index (χ0) is 14.7. The minimum atomic E-state index is 0.299. The average Bonchev–Trinajstić information content (AvgIpc) is 2.47. The van der Waals surface area contributed by atoms with Crippen molar-refractivity contribution >= 4 is 11.6 Å². The van der Waals surface area contributed by atoms with Gasteiger partial charge in [0.25, 0.3) is 0 Å². The smallest absolute Gasteiger partial charge is 0.148 e. The van der Waals surface area contributed by atoms with Crippen molar-refractivity contribution in [1.29, 1.82) is 0 Å². The maximum absolute atomic E-state index is 5.61. The van der Waals surface area contributed by atoms with Gasteiger partial charge >= 0.3 is 0 Å². The number of anilines is 2. The zero-order valence-electron chi connectivity index (χ0n) is 13.1. The van der Waals surface area contributed by atoms with E-state index in [1.807, 2.05) is 6.92 Å². The Labute approximate surface area is 121 Å². The van der Waals surface area contributed by atoms with Crippen LogP contribution in [0.15, 0.2) is 0 Å². The quantitative estimate of drug-likeness (QED) is 0.654. The maximum Gasteiger partial charge on any atom is 0.148 e. The van der Waals surface area contributed by atoms with Gasteiger partial charge in [-0.25, -0.2) is 15.8 Å². The summed E-state index contributed by atoms with van der Waals surface area (Å²) in [6, 6.07) is 0. The second-order valence-electron chi connectivity index (χ2n) is 6.04. The van der Waals surface area contributed by atoms with E-state index in [4.69, 9.17) is 10.8 Å². The van der Waals surface area contributed by atoms with Gasteiger partial charge in [0.2, 0.25) is 0 Å². The van der Waals surface area contributed by atoms with Crippen LogP contribution in [-0.2, 0) is 0 Å². The SMILES string of the molecule is CCC1CCCN(c2nc(C(C)C)nc(NN)c2C)C1. The van der Waals surface area contributed by atoms with Gasteiger partial charge in [-0.2, -0.15) is 0 Å². The van der Waals surface area contributed by atoms with E-state index >= 15 is 0 Å². The fraction of sp³-hybridized carbons (Fsp3) is 0.733. The minimum Gasteiger partial charge on any atom is -0.356 e. The van der Waals surface area contributed by atoms with E-state index in [0.29, 0.717) is 5.92 Å². The summed E-state index contributed by atoms with van der Waals surface area (Å²) in [6.45, 7) is 10.7. The minimum absolute atomic E-state index is 0.299. The third-order valence-electron chi connectivity index (χ3n) is 4.19. The van der Waals surface area contributed by atoms with Gasteiger partial charge in [-0.05, 0) is 25.7 Å². The van der Waals surface area contributed by atoms with E-state index in [1.165, 1.54) is 19.3 Å². The van der Waals surface area contributed by atoms with E-state index in [1.54, 1.807) is 0 Å². The van der Waals surface area contributed by atoms with Gasteiger partial charge in [0.15, 0.2) is 0 Å². The van der Waals surface area contributed by atoms with Crippen molar-refractivity contribution < 1.29 is 0 Å². The van der Waals surface area contributed by atoms with Gasteiger partial charge in [-0.1, -0.05) is 27.2 Å². The lowest BCUT2D eigenvalue weighted by atomic mass is 9.95. The summed E-state index contributed by atoms with van der Waals surface area (Å²) in [5.41, 5.74) is 3.77. The number of hydrogen-bond donors (Lipinski definition) is 2. The Balaban J connectivity index is 2.36. The van der Waals surface area contributed by atoms with Crippen molar-refractivity contribution in [3.8, 4) is 0 Å². The molecule has 1 aliphatic heterocycles. The number of nitrogen functional groups attached to an aromatic ring is 1. The fourth-order valence-electron chi connectivity index (χ4n) is 2.82. The number of hydrogen-bond acceptors (Lipinski definition) is 5. The van der Waals surface area contributed by atoms with Crippen molar-refractivity contribution in [2.24, 2.45) is 11.8 Å². The van der Waals surface area contributed by atoms with Crippen LogP contribution in [-0.4, -0.2) is 23.1 Å². The molecule has 112 valence electrons. The molecule has 1 aromatic heterocycles.